The third-order valence-corrected chi connectivity index (χ3v) is 7.03. The van der Waals surface area contributed by atoms with Crippen molar-refractivity contribution >= 4 is 15.7 Å². The van der Waals surface area contributed by atoms with Gasteiger partial charge < -0.3 is 14.6 Å². The summed E-state index contributed by atoms with van der Waals surface area (Å²) in [4.78, 5) is 17.6. The first kappa shape index (κ1) is 20.8. The van der Waals surface area contributed by atoms with Gasteiger partial charge in [-0.05, 0) is 36.2 Å². The molecule has 0 aliphatic carbocycles. The van der Waals surface area contributed by atoms with E-state index in [1.165, 1.54) is 35.2 Å². The van der Waals surface area contributed by atoms with Crippen LogP contribution in [0.1, 0.15) is 18.0 Å². The Labute approximate surface area is 179 Å². The summed E-state index contributed by atoms with van der Waals surface area (Å²) >= 11 is 0. The number of hydrogen-bond acceptors (Lipinski definition) is 5. The maximum atomic E-state index is 14.0. The van der Waals surface area contributed by atoms with E-state index < -0.39 is 38.3 Å². The van der Waals surface area contributed by atoms with Crippen LogP contribution in [0.2, 0.25) is 0 Å². The topological polar surface area (TPSA) is 92.5 Å². The molecule has 31 heavy (non-hydrogen) atoms. The fraction of sp³-hybridized carbons (Fsp3) is 0.182. The molecule has 2 heterocycles. The van der Waals surface area contributed by atoms with Crippen LogP contribution in [-0.2, 0) is 21.2 Å². The Hall–Kier alpha value is -3.46. The SMILES string of the molecule is O=C1C(O)=C(S(=O)(=O)c2ccccc2)C(c2cccc(F)c2)N1CCCn1ccnc1. The van der Waals surface area contributed by atoms with Crippen molar-refractivity contribution in [3.63, 3.8) is 0 Å². The van der Waals surface area contributed by atoms with Crippen LogP contribution < -0.4 is 0 Å². The van der Waals surface area contributed by atoms with Gasteiger partial charge in [-0.2, -0.15) is 0 Å². The van der Waals surface area contributed by atoms with Crippen LogP contribution >= 0.6 is 0 Å². The predicted molar refractivity (Wildman–Crippen MR) is 111 cm³/mol. The lowest BCUT2D eigenvalue weighted by molar-refractivity contribution is -0.129. The fourth-order valence-electron chi connectivity index (χ4n) is 3.71. The summed E-state index contributed by atoms with van der Waals surface area (Å²) in [6.45, 7) is 0.706. The smallest absolute Gasteiger partial charge is 0.290 e. The van der Waals surface area contributed by atoms with Gasteiger partial charge in [-0.15, -0.1) is 0 Å². The van der Waals surface area contributed by atoms with E-state index in [2.05, 4.69) is 4.98 Å². The van der Waals surface area contributed by atoms with E-state index in [1.54, 1.807) is 43.0 Å². The molecule has 0 bridgehead atoms. The molecule has 160 valence electrons. The standard InChI is InChI=1S/C22H20FN3O4S/c23-17-7-4-6-16(14-17)19-21(31(29,30)18-8-2-1-3-9-18)20(27)22(28)26(19)12-5-11-25-13-10-24-15-25/h1-4,6-10,13-15,19,27H,5,11-12H2. The molecule has 1 N–H and O–H groups in total. The second-order valence-electron chi connectivity index (χ2n) is 7.14. The zero-order valence-corrected chi connectivity index (χ0v) is 17.2. The number of nitrogens with zero attached hydrogens (tertiary/aromatic N) is 3. The Morgan fingerprint density at radius 3 is 2.52 bits per heavy atom. The lowest BCUT2D eigenvalue weighted by Gasteiger charge is -2.27. The van der Waals surface area contributed by atoms with E-state index in [9.17, 15) is 22.7 Å². The molecule has 2 aromatic carbocycles. The molecule has 1 aromatic heterocycles. The van der Waals surface area contributed by atoms with Crippen molar-refractivity contribution in [1.82, 2.24) is 14.5 Å². The lowest BCUT2D eigenvalue weighted by atomic mass is 10.1. The Kier molecular flexibility index (Phi) is 5.60. The summed E-state index contributed by atoms with van der Waals surface area (Å²) in [6.07, 6.45) is 5.53. The molecule has 1 unspecified atom stereocenters. The third kappa shape index (κ3) is 3.96. The molecule has 0 radical (unpaired) electrons. The van der Waals surface area contributed by atoms with Gasteiger partial charge in [0.15, 0.2) is 5.76 Å². The minimum absolute atomic E-state index is 0.0500. The number of halogens is 1. The number of aliphatic hydroxyl groups is 1. The van der Waals surface area contributed by atoms with Gasteiger partial charge in [0.1, 0.15) is 10.7 Å². The first-order chi connectivity index (χ1) is 14.9. The van der Waals surface area contributed by atoms with Gasteiger partial charge in [-0.1, -0.05) is 30.3 Å². The fourth-order valence-corrected chi connectivity index (χ4v) is 5.38. The highest BCUT2D eigenvalue weighted by Gasteiger charge is 2.46. The molecule has 0 fully saturated rings. The number of aryl methyl sites for hydroxylation is 1. The first-order valence-corrected chi connectivity index (χ1v) is 11.1. The Balaban J connectivity index is 1.74. The van der Waals surface area contributed by atoms with Gasteiger partial charge >= 0.3 is 0 Å². The highest BCUT2D eigenvalue weighted by molar-refractivity contribution is 7.95. The molecule has 7 nitrogen and oxygen atoms in total. The van der Waals surface area contributed by atoms with Gasteiger partial charge in [0.2, 0.25) is 9.84 Å². The number of rotatable bonds is 7. The number of aliphatic hydroxyl groups excluding tert-OH is 1. The van der Waals surface area contributed by atoms with Crippen LogP contribution in [0.4, 0.5) is 4.39 Å². The molecule has 4 rings (SSSR count). The Morgan fingerprint density at radius 1 is 1.06 bits per heavy atom. The molecule has 3 aromatic rings. The molecule has 1 amide bonds. The van der Waals surface area contributed by atoms with Crippen molar-refractivity contribution < 1.29 is 22.7 Å². The highest BCUT2D eigenvalue weighted by atomic mass is 32.2. The number of sulfone groups is 1. The summed E-state index contributed by atoms with van der Waals surface area (Å²) in [5.74, 6) is -2.19. The molecule has 0 spiro atoms. The van der Waals surface area contributed by atoms with Crippen molar-refractivity contribution in [2.45, 2.75) is 23.9 Å². The van der Waals surface area contributed by atoms with E-state index >= 15 is 0 Å². The van der Waals surface area contributed by atoms with Crippen molar-refractivity contribution in [2.75, 3.05) is 6.54 Å². The number of benzene rings is 2. The monoisotopic (exact) mass is 441 g/mol. The van der Waals surface area contributed by atoms with Crippen LogP contribution in [0.3, 0.4) is 0 Å². The maximum Gasteiger partial charge on any atom is 0.290 e. The molecule has 1 aliphatic rings. The largest absolute Gasteiger partial charge is 0.502 e. The van der Waals surface area contributed by atoms with Crippen LogP contribution in [0.5, 0.6) is 0 Å². The average molecular weight is 441 g/mol. The quantitative estimate of drug-likeness (QED) is 0.608. The zero-order chi connectivity index (χ0) is 22.0. The van der Waals surface area contributed by atoms with E-state index in [1.807, 2.05) is 4.57 Å². The summed E-state index contributed by atoms with van der Waals surface area (Å²) < 4.78 is 42.5. The third-order valence-electron chi connectivity index (χ3n) is 5.14. The number of imidazole rings is 1. The minimum atomic E-state index is -4.20. The summed E-state index contributed by atoms with van der Waals surface area (Å²) in [5, 5.41) is 10.6. The normalized spacial score (nSPS) is 16.9. The summed E-state index contributed by atoms with van der Waals surface area (Å²) in [5.41, 5.74) is 0.273. The lowest BCUT2D eigenvalue weighted by Crippen LogP contribution is -2.32. The van der Waals surface area contributed by atoms with E-state index in [-0.39, 0.29) is 17.0 Å². The van der Waals surface area contributed by atoms with Gasteiger partial charge in [-0.3, -0.25) is 4.79 Å². The number of hydrogen-bond donors (Lipinski definition) is 1. The van der Waals surface area contributed by atoms with Crippen molar-refractivity contribution in [2.24, 2.45) is 0 Å². The van der Waals surface area contributed by atoms with Gasteiger partial charge in [0, 0.05) is 25.5 Å². The van der Waals surface area contributed by atoms with Crippen molar-refractivity contribution in [3.8, 4) is 0 Å². The molecule has 1 aliphatic heterocycles. The maximum absolute atomic E-state index is 14.0. The van der Waals surface area contributed by atoms with Gasteiger partial charge in [0.25, 0.3) is 5.91 Å². The molecule has 0 saturated heterocycles. The number of amides is 1. The average Bonchev–Trinajstić information content (AvgIpc) is 3.37. The summed E-state index contributed by atoms with van der Waals surface area (Å²) in [6, 6.07) is 11.8. The first-order valence-electron chi connectivity index (χ1n) is 9.65. The van der Waals surface area contributed by atoms with E-state index in [0.29, 0.717) is 13.0 Å². The van der Waals surface area contributed by atoms with Crippen molar-refractivity contribution in [1.29, 1.82) is 0 Å². The van der Waals surface area contributed by atoms with Gasteiger partial charge in [0.05, 0.1) is 17.3 Å². The molecule has 0 saturated carbocycles. The van der Waals surface area contributed by atoms with Crippen molar-refractivity contribution in [3.05, 3.63) is 95.4 Å². The number of aromatic nitrogens is 2. The number of carbonyl (C=O) groups is 1. The Morgan fingerprint density at radius 2 is 1.84 bits per heavy atom. The van der Waals surface area contributed by atoms with Gasteiger partial charge in [-0.25, -0.2) is 17.8 Å². The zero-order valence-electron chi connectivity index (χ0n) is 16.4. The molecular formula is C22H20FN3O4S. The Bertz CT molecular complexity index is 1220. The van der Waals surface area contributed by atoms with E-state index in [0.717, 1.165) is 0 Å². The molecular weight excluding hydrogens is 421 g/mol. The van der Waals surface area contributed by atoms with Crippen LogP contribution in [0, 0.1) is 5.82 Å². The molecule has 1 atom stereocenters. The minimum Gasteiger partial charge on any atom is -0.502 e. The van der Waals surface area contributed by atoms with Crippen LogP contribution in [0.25, 0.3) is 0 Å². The van der Waals surface area contributed by atoms with Crippen LogP contribution in [0.15, 0.2) is 88.9 Å². The molecule has 9 heteroatoms. The summed E-state index contributed by atoms with van der Waals surface area (Å²) in [7, 11) is -4.20. The van der Waals surface area contributed by atoms with E-state index in [4.69, 9.17) is 0 Å². The second kappa shape index (κ2) is 8.35. The van der Waals surface area contributed by atoms with Crippen LogP contribution in [-0.4, -0.2) is 40.4 Å². The second-order valence-corrected chi connectivity index (χ2v) is 9.06. The highest BCUT2D eigenvalue weighted by Crippen LogP contribution is 2.42. The predicted octanol–water partition coefficient (Wildman–Crippen LogP) is 3.24. The number of carbonyl (C=O) groups excluding carboxylic acids is 1.